The predicted octanol–water partition coefficient (Wildman–Crippen LogP) is 3.39. The average molecular weight is 385 g/mol. The summed E-state index contributed by atoms with van der Waals surface area (Å²) < 4.78 is 5.50. The molecule has 0 aliphatic heterocycles. The Hall–Kier alpha value is -3.27. The largest absolute Gasteiger partial charge is 0.411 e. The Morgan fingerprint density at radius 1 is 1.26 bits per heavy atom. The van der Waals surface area contributed by atoms with Gasteiger partial charge in [-0.05, 0) is 37.1 Å². The number of hydrogen-bond donors (Lipinski definition) is 1. The molecule has 27 heavy (non-hydrogen) atoms. The number of aryl methyl sites for hydroxylation is 2. The van der Waals surface area contributed by atoms with Crippen LogP contribution in [0.1, 0.15) is 11.1 Å². The molecular formula is C17H15N5O4S. The minimum absolute atomic E-state index is 0.0253. The summed E-state index contributed by atoms with van der Waals surface area (Å²) in [5, 5.41) is 21.9. The quantitative estimate of drug-likeness (QED) is 0.389. The highest BCUT2D eigenvalue weighted by atomic mass is 32.2. The normalized spacial score (nSPS) is 10.6. The SMILES string of the molecule is Cc1cc(C)c(NC(=O)CSc2nnc(-c3ccncc3)o2)c([N+](=O)[O-])c1. The second-order valence-electron chi connectivity index (χ2n) is 5.68. The summed E-state index contributed by atoms with van der Waals surface area (Å²) in [6, 6.07) is 6.66. The number of amides is 1. The Kier molecular flexibility index (Phi) is 5.46. The van der Waals surface area contributed by atoms with Crippen LogP contribution >= 0.6 is 11.8 Å². The van der Waals surface area contributed by atoms with Crippen molar-refractivity contribution in [1.29, 1.82) is 0 Å². The summed E-state index contributed by atoms with van der Waals surface area (Å²) in [4.78, 5) is 26.9. The van der Waals surface area contributed by atoms with Crippen molar-refractivity contribution >= 4 is 29.0 Å². The first-order valence-corrected chi connectivity index (χ1v) is 8.85. The second-order valence-corrected chi connectivity index (χ2v) is 6.61. The molecule has 0 aliphatic rings. The number of thioether (sulfide) groups is 1. The number of nitrogens with zero attached hydrogens (tertiary/aromatic N) is 4. The van der Waals surface area contributed by atoms with Gasteiger partial charge in [-0.25, -0.2) is 0 Å². The summed E-state index contributed by atoms with van der Waals surface area (Å²) in [6.07, 6.45) is 3.22. The van der Waals surface area contributed by atoms with Crippen LogP contribution in [0.25, 0.3) is 11.5 Å². The van der Waals surface area contributed by atoms with Gasteiger partial charge in [0, 0.05) is 24.0 Å². The van der Waals surface area contributed by atoms with E-state index in [0.717, 1.165) is 22.9 Å². The summed E-state index contributed by atoms with van der Waals surface area (Å²) in [7, 11) is 0. The molecular weight excluding hydrogens is 370 g/mol. The Morgan fingerprint density at radius 3 is 2.70 bits per heavy atom. The molecule has 10 heteroatoms. The van der Waals surface area contributed by atoms with Crippen molar-refractivity contribution in [3.05, 3.63) is 57.9 Å². The number of nitro groups is 1. The van der Waals surface area contributed by atoms with Crippen molar-refractivity contribution < 1.29 is 14.1 Å². The van der Waals surface area contributed by atoms with Crippen molar-refractivity contribution in [3.63, 3.8) is 0 Å². The van der Waals surface area contributed by atoms with Crippen LogP contribution in [-0.2, 0) is 4.79 Å². The Balaban J connectivity index is 1.66. The molecule has 0 fully saturated rings. The molecule has 2 aromatic heterocycles. The molecule has 0 atom stereocenters. The van der Waals surface area contributed by atoms with E-state index in [4.69, 9.17) is 4.42 Å². The first-order valence-electron chi connectivity index (χ1n) is 7.86. The number of pyridine rings is 1. The second kappa shape index (κ2) is 7.96. The van der Waals surface area contributed by atoms with Crippen molar-refractivity contribution in [3.8, 4) is 11.5 Å². The van der Waals surface area contributed by atoms with Crippen LogP contribution in [0.15, 0.2) is 46.3 Å². The zero-order chi connectivity index (χ0) is 19.4. The molecule has 1 N–H and O–H groups in total. The molecule has 0 unspecified atom stereocenters. The van der Waals surface area contributed by atoms with Gasteiger partial charge in [0.2, 0.25) is 11.8 Å². The molecule has 0 aliphatic carbocycles. The maximum atomic E-state index is 12.2. The number of carbonyl (C=O) groups excluding carboxylic acids is 1. The maximum absolute atomic E-state index is 12.2. The summed E-state index contributed by atoms with van der Waals surface area (Å²) in [5.74, 6) is -0.105. The third-order valence-corrected chi connectivity index (χ3v) is 4.40. The van der Waals surface area contributed by atoms with E-state index in [0.29, 0.717) is 11.5 Å². The summed E-state index contributed by atoms with van der Waals surface area (Å²) in [6.45, 7) is 3.47. The fraction of sp³-hybridized carbons (Fsp3) is 0.176. The van der Waals surface area contributed by atoms with E-state index in [2.05, 4.69) is 20.5 Å². The number of carbonyl (C=O) groups is 1. The number of aromatic nitrogens is 3. The fourth-order valence-corrected chi connectivity index (χ4v) is 3.00. The van der Waals surface area contributed by atoms with Gasteiger partial charge in [-0.15, -0.1) is 10.2 Å². The molecule has 0 bridgehead atoms. The van der Waals surface area contributed by atoms with Crippen LogP contribution < -0.4 is 5.32 Å². The Labute approximate surface area is 158 Å². The molecule has 0 radical (unpaired) electrons. The van der Waals surface area contributed by atoms with Crippen LogP contribution in [0.5, 0.6) is 0 Å². The molecule has 9 nitrogen and oxygen atoms in total. The van der Waals surface area contributed by atoms with Gasteiger partial charge < -0.3 is 9.73 Å². The molecule has 0 spiro atoms. The lowest BCUT2D eigenvalue weighted by molar-refractivity contribution is -0.384. The lowest BCUT2D eigenvalue weighted by Crippen LogP contribution is -2.16. The van der Waals surface area contributed by atoms with E-state index in [1.807, 2.05) is 0 Å². The number of rotatable bonds is 6. The van der Waals surface area contributed by atoms with Crippen molar-refractivity contribution in [2.45, 2.75) is 19.1 Å². The van der Waals surface area contributed by atoms with Gasteiger partial charge in [-0.1, -0.05) is 17.8 Å². The summed E-state index contributed by atoms with van der Waals surface area (Å²) >= 11 is 1.05. The highest BCUT2D eigenvalue weighted by Crippen LogP contribution is 2.30. The number of benzene rings is 1. The van der Waals surface area contributed by atoms with Gasteiger partial charge in [-0.2, -0.15) is 0 Å². The van der Waals surface area contributed by atoms with Gasteiger partial charge in [0.05, 0.1) is 10.7 Å². The van der Waals surface area contributed by atoms with E-state index in [1.165, 1.54) is 6.07 Å². The van der Waals surface area contributed by atoms with Crippen LogP contribution in [0.3, 0.4) is 0 Å². The highest BCUT2D eigenvalue weighted by molar-refractivity contribution is 7.99. The zero-order valence-electron chi connectivity index (χ0n) is 14.5. The van der Waals surface area contributed by atoms with Crippen LogP contribution in [0, 0.1) is 24.0 Å². The van der Waals surface area contributed by atoms with E-state index < -0.39 is 10.8 Å². The predicted molar refractivity (Wildman–Crippen MR) is 99.5 cm³/mol. The van der Waals surface area contributed by atoms with E-state index in [9.17, 15) is 14.9 Å². The highest BCUT2D eigenvalue weighted by Gasteiger charge is 2.19. The lowest BCUT2D eigenvalue weighted by atomic mass is 10.1. The van der Waals surface area contributed by atoms with Crippen molar-refractivity contribution in [2.75, 3.05) is 11.1 Å². The topological polar surface area (TPSA) is 124 Å². The Morgan fingerprint density at radius 2 is 2.00 bits per heavy atom. The third kappa shape index (κ3) is 4.47. The molecule has 1 amide bonds. The summed E-state index contributed by atoms with van der Waals surface area (Å²) in [5.41, 5.74) is 2.15. The first-order chi connectivity index (χ1) is 12.9. The van der Waals surface area contributed by atoms with Crippen LogP contribution in [0.2, 0.25) is 0 Å². The van der Waals surface area contributed by atoms with Crippen molar-refractivity contribution in [2.24, 2.45) is 0 Å². The van der Waals surface area contributed by atoms with Crippen molar-refractivity contribution in [1.82, 2.24) is 15.2 Å². The minimum Gasteiger partial charge on any atom is -0.411 e. The Bertz CT molecular complexity index is 990. The molecule has 0 saturated heterocycles. The van der Waals surface area contributed by atoms with E-state index >= 15 is 0 Å². The monoisotopic (exact) mass is 385 g/mol. The molecule has 0 saturated carbocycles. The third-order valence-electron chi connectivity index (χ3n) is 3.58. The fourth-order valence-electron chi connectivity index (χ4n) is 2.43. The smallest absolute Gasteiger partial charge is 0.293 e. The van der Waals surface area contributed by atoms with E-state index in [-0.39, 0.29) is 22.4 Å². The lowest BCUT2D eigenvalue weighted by Gasteiger charge is -2.09. The van der Waals surface area contributed by atoms with Crippen LogP contribution in [0.4, 0.5) is 11.4 Å². The molecule has 3 rings (SSSR count). The first kappa shape index (κ1) is 18.5. The number of nitro benzene ring substituents is 1. The molecule has 138 valence electrons. The van der Waals surface area contributed by atoms with Gasteiger partial charge in [0.15, 0.2) is 0 Å². The van der Waals surface area contributed by atoms with Gasteiger partial charge in [0.1, 0.15) is 5.69 Å². The molecule has 2 heterocycles. The number of anilines is 1. The number of hydrogen-bond acceptors (Lipinski definition) is 8. The van der Waals surface area contributed by atoms with Gasteiger partial charge >= 0.3 is 0 Å². The standard InChI is InChI=1S/C17H15N5O4S/c1-10-7-11(2)15(13(8-10)22(24)25)19-14(23)9-27-17-21-20-16(26-17)12-3-5-18-6-4-12/h3-8H,9H2,1-2H3,(H,19,23). The van der Waals surface area contributed by atoms with Gasteiger partial charge in [0.25, 0.3) is 10.9 Å². The van der Waals surface area contributed by atoms with E-state index in [1.54, 1.807) is 44.4 Å². The maximum Gasteiger partial charge on any atom is 0.293 e. The number of nitrogens with one attached hydrogen (secondary N) is 1. The molecule has 1 aromatic carbocycles. The van der Waals surface area contributed by atoms with Gasteiger partial charge in [-0.3, -0.25) is 19.9 Å². The minimum atomic E-state index is -0.512. The zero-order valence-corrected chi connectivity index (χ0v) is 15.3. The molecule has 3 aromatic rings. The van der Waals surface area contributed by atoms with Crippen LogP contribution in [-0.4, -0.2) is 31.8 Å². The average Bonchev–Trinajstić information content (AvgIpc) is 3.11.